The van der Waals surface area contributed by atoms with Crippen LogP contribution in [-0.2, 0) is 0 Å². The van der Waals surface area contributed by atoms with Crippen LogP contribution in [0.2, 0.25) is 0 Å². The molecule has 0 spiro atoms. The lowest BCUT2D eigenvalue weighted by Crippen LogP contribution is -2.33. The maximum absolute atomic E-state index is 13.4. The van der Waals surface area contributed by atoms with Gasteiger partial charge in [-0.3, -0.25) is 9.69 Å². The molecule has 1 aromatic heterocycles. The Bertz CT molecular complexity index is 968. The summed E-state index contributed by atoms with van der Waals surface area (Å²) in [4.78, 5) is 23.2. The first-order valence-electron chi connectivity index (χ1n) is 9.60. The fraction of sp³-hybridized carbons (Fsp3) is 0.364. The molecular weight excluding hydrogens is 454 g/mol. The minimum atomic E-state index is -0.0570. The molecule has 0 aliphatic heterocycles. The van der Waals surface area contributed by atoms with E-state index in [0.717, 1.165) is 28.3 Å². The maximum atomic E-state index is 13.4. The van der Waals surface area contributed by atoms with Gasteiger partial charge in [-0.2, -0.15) is 0 Å². The zero-order valence-electron chi connectivity index (χ0n) is 18.4. The van der Waals surface area contributed by atoms with Crippen LogP contribution < -0.4 is 14.4 Å². The molecule has 3 aromatic rings. The van der Waals surface area contributed by atoms with Crippen molar-refractivity contribution >= 4 is 56.8 Å². The topological polar surface area (TPSA) is 54.9 Å². The number of halogens is 1. The number of aromatic nitrogens is 1. The molecular formula is C22H28ClN3O3S2. The summed E-state index contributed by atoms with van der Waals surface area (Å²) in [7, 11) is 7.31. The van der Waals surface area contributed by atoms with Crippen LogP contribution in [-0.4, -0.2) is 63.5 Å². The van der Waals surface area contributed by atoms with Gasteiger partial charge in [0.05, 0.1) is 14.2 Å². The molecule has 2 aromatic carbocycles. The van der Waals surface area contributed by atoms with E-state index in [1.165, 1.54) is 11.3 Å². The molecule has 0 unspecified atom stereocenters. The summed E-state index contributed by atoms with van der Waals surface area (Å²) in [5.74, 6) is 1.33. The number of amides is 1. The molecule has 3 rings (SSSR count). The smallest absolute Gasteiger partial charge is 0.260 e. The molecule has 0 atom stereocenters. The molecule has 0 radical (unpaired) electrons. The third-order valence-electron chi connectivity index (χ3n) is 4.70. The number of benzene rings is 2. The molecule has 0 aliphatic carbocycles. The first-order valence-corrected chi connectivity index (χ1v) is 11.6. The molecule has 0 saturated carbocycles. The highest BCUT2D eigenvalue weighted by molar-refractivity contribution is 7.98. The largest absolute Gasteiger partial charge is 0.495 e. The second-order valence-corrected chi connectivity index (χ2v) is 8.84. The van der Waals surface area contributed by atoms with Gasteiger partial charge in [0.25, 0.3) is 5.91 Å². The van der Waals surface area contributed by atoms with Crippen LogP contribution in [0.1, 0.15) is 16.8 Å². The van der Waals surface area contributed by atoms with Crippen molar-refractivity contribution in [3.8, 4) is 11.5 Å². The molecule has 168 valence electrons. The first-order chi connectivity index (χ1) is 14.5. The number of ether oxygens (including phenoxy) is 2. The number of carbonyl (C=O) groups excluding carboxylic acids is 1. The van der Waals surface area contributed by atoms with E-state index in [2.05, 4.69) is 4.90 Å². The van der Waals surface area contributed by atoms with Gasteiger partial charge in [-0.1, -0.05) is 11.3 Å². The van der Waals surface area contributed by atoms with Crippen molar-refractivity contribution in [2.45, 2.75) is 11.3 Å². The van der Waals surface area contributed by atoms with Gasteiger partial charge in [-0.25, -0.2) is 4.98 Å². The van der Waals surface area contributed by atoms with Crippen LogP contribution in [0.25, 0.3) is 10.2 Å². The second kappa shape index (κ2) is 11.6. The summed E-state index contributed by atoms with van der Waals surface area (Å²) in [6.45, 7) is 1.46. The van der Waals surface area contributed by atoms with Gasteiger partial charge >= 0.3 is 0 Å². The number of thiazole rings is 1. The fourth-order valence-corrected chi connectivity index (χ4v) is 4.62. The summed E-state index contributed by atoms with van der Waals surface area (Å²) in [6.07, 6.45) is 2.86. The third kappa shape index (κ3) is 5.83. The minimum Gasteiger partial charge on any atom is -0.495 e. The Labute approximate surface area is 197 Å². The molecule has 1 amide bonds. The van der Waals surface area contributed by atoms with Crippen molar-refractivity contribution in [2.24, 2.45) is 0 Å². The Morgan fingerprint density at radius 1 is 1.03 bits per heavy atom. The lowest BCUT2D eigenvalue weighted by atomic mass is 10.2. The normalized spacial score (nSPS) is 10.8. The quantitative estimate of drug-likeness (QED) is 0.398. The van der Waals surface area contributed by atoms with E-state index >= 15 is 0 Å². The summed E-state index contributed by atoms with van der Waals surface area (Å²) >= 11 is 3.10. The molecule has 0 N–H and O–H groups in total. The van der Waals surface area contributed by atoms with E-state index in [1.54, 1.807) is 30.9 Å². The SMILES string of the molecule is COc1ccc(OC)c2sc(N(CCCN(C)C)C(=O)c3ccc(SC)cc3)nc12.Cl. The number of methoxy groups -OCH3 is 2. The van der Waals surface area contributed by atoms with Gasteiger partial charge in [0.1, 0.15) is 21.7 Å². The highest BCUT2D eigenvalue weighted by Gasteiger charge is 2.23. The van der Waals surface area contributed by atoms with E-state index in [-0.39, 0.29) is 18.3 Å². The number of hydrogen-bond donors (Lipinski definition) is 0. The fourth-order valence-electron chi connectivity index (χ4n) is 3.11. The minimum absolute atomic E-state index is 0. The Hall–Kier alpha value is -2.00. The molecule has 6 nitrogen and oxygen atoms in total. The van der Waals surface area contributed by atoms with Crippen LogP contribution in [0, 0.1) is 0 Å². The van der Waals surface area contributed by atoms with Crippen LogP contribution in [0.4, 0.5) is 5.13 Å². The molecule has 0 fully saturated rings. The predicted octanol–water partition coefficient (Wildman–Crippen LogP) is 5.06. The molecule has 0 saturated heterocycles. The predicted molar refractivity (Wildman–Crippen MR) is 133 cm³/mol. The van der Waals surface area contributed by atoms with Gasteiger partial charge < -0.3 is 14.4 Å². The molecule has 31 heavy (non-hydrogen) atoms. The standard InChI is InChI=1S/C22H27N3O3S2.ClH/c1-24(2)13-6-14-25(21(26)15-7-9-16(29-5)10-8-15)22-23-19-17(27-3)11-12-18(28-4)20(19)30-22;/h7-12H,6,13-14H2,1-5H3;1H. The van der Waals surface area contributed by atoms with Gasteiger partial charge in [0, 0.05) is 17.0 Å². The van der Waals surface area contributed by atoms with Gasteiger partial charge in [0.15, 0.2) is 5.13 Å². The van der Waals surface area contributed by atoms with Crippen molar-refractivity contribution in [3.63, 3.8) is 0 Å². The van der Waals surface area contributed by atoms with Crippen LogP contribution in [0.3, 0.4) is 0 Å². The molecule has 9 heteroatoms. The molecule has 1 heterocycles. The lowest BCUT2D eigenvalue weighted by Gasteiger charge is -2.21. The highest BCUT2D eigenvalue weighted by Crippen LogP contribution is 2.40. The number of anilines is 1. The Kier molecular flexibility index (Phi) is 9.43. The van der Waals surface area contributed by atoms with E-state index in [4.69, 9.17) is 14.5 Å². The summed E-state index contributed by atoms with van der Waals surface area (Å²) in [6, 6.07) is 11.4. The number of hydrogen-bond acceptors (Lipinski definition) is 7. The maximum Gasteiger partial charge on any atom is 0.260 e. The van der Waals surface area contributed by atoms with Gasteiger partial charge in [-0.15, -0.1) is 24.2 Å². The Balaban J connectivity index is 0.00000341. The van der Waals surface area contributed by atoms with Crippen LogP contribution >= 0.6 is 35.5 Å². The summed E-state index contributed by atoms with van der Waals surface area (Å²) < 4.78 is 11.9. The Morgan fingerprint density at radius 3 is 2.26 bits per heavy atom. The van der Waals surface area contributed by atoms with Gasteiger partial charge in [0.2, 0.25) is 0 Å². The third-order valence-corrected chi connectivity index (χ3v) is 6.54. The zero-order valence-corrected chi connectivity index (χ0v) is 20.8. The van der Waals surface area contributed by atoms with Crippen molar-refractivity contribution < 1.29 is 14.3 Å². The molecule has 0 bridgehead atoms. The highest BCUT2D eigenvalue weighted by atomic mass is 35.5. The number of thioether (sulfide) groups is 1. The lowest BCUT2D eigenvalue weighted by molar-refractivity contribution is 0.0986. The van der Waals surface area contributed by atoms with E-state index < -0.39 is 0 Å². The average Bonchev–Trinajstić information content (AvgIpc) is 3.20. The van der Waals surface area contributed by atoms with E-state index in [0.29, 0.717) is 28.5 Å². The first kappa shape index (κ1) is 25.3. The van der Waals surface area contributed by atoms with Gasteiger partial charge in [-0.05, 0) is 69.7 Å². The van der Waals surface area contributed by atoms with Crippen LogP contribution in [0.15, 0.2) is 41.3 Å². The summed E-state index contributed by atoms with van der Waals surface area (Å²) in [5.41, 5.74) is 1.36. The molecule has 0 aliphatic rings. The zero-order chi connectivity index (χ0) is 21.7. The second-order valence-electron chi connectivity index (χ2n) is 6.99. The van der Waals surface area contributed by atoms with Crippen molar-refractivity contribution in [2.75, 3.05) is 52.6 Å². The monoisotopic (exact) mass is 481 g/mol. The van der Waals surface area contributed by atoms with Crippen molar-refractivity contribution in [1.82, 2.24) is 9.88 Å². The Morgan fingerprint density at radius 2 is 1.68 bits per heavy atom. The van der Waals surface area contributed by atoms with E-state index in [1.807, 2.05) is 56.7 Å². The van der Waals surface area contributed by atoms with Crippen molar-refractivity contribution in [1.29, 1.82) is 0 Å². The number of fused-ring (bicyclic) bond motifs is 1. The number of rotatable bonds is 9. The van der Waals surface area contributed by atoms with Crippen molar-refractivity contribution in [3.05, 3.63) is 42.0 Å². The average molecular weight is 482 g/mol. The van der Waals surface area contributed by atoms with E-state index in [9.17, 15) is 4.79 Å². The van der Waals surface area contributed by atoms with Crippen LogP contribution in [0.5, 0.6) is 11.5 Å². The number of nitrogens with zero attached hydrogens (tertiary/aromatic N) is 3. The number of carbonyl (C=O) groups is 1. The summed E-state index contributed by atoms with van der Waals surface area (Å²) in [5, 5.41) is 0.644.